The number of benzene rings is 14. The summed E-state index contributed by atoms with van der Waals surface area (Å²) in [5.74, 6) is 2.63. The van der Waals surface area contributed by atoms with Crippen LogP contribution in [0.2, 0.25) is 0 Å². The van der Waals surface area contributed by atoms with Crippen LogP contribution in [0.25, 0.3) is 120 Å². The van der Waals surface area contributed by atoms with Gasteiger partial charge in [-0.1, -0.05) is 218 Å². The molecule has 0 spiro atoms. The Morgan fingerprint density at radius 3 is 1.01 bits per heavy atom. The third-order valence-electron chi connectivity index (χ3n) is 15.5. The molecule has 0 heterocycles. The molecule has 0 aliphatic rings. The van der Waals surface area contributed by atoms with Gasteiger partial charge in [-0.15, -0.1) is 0 Å². The molecule has 0 bridgehead atoms. The molecule has 0 aliphatic carbocycles. The molecule has 2 N–H and O–H groups in total. The first-order chi connectivity index (χ1) is 38.6. The minimum absolute atomic E-state index is 0.136. The Morgan fingerprint density at radius 1 is 0.244 bits per heavy atom. The van der Waals surface area contributed by atoms with Crippen LogP contribution >= 0.6 is 0 Å². The fraction of sp³-hybridized carbons (Fsp3) is 0.0270. The monoisotopic (exact) mass is 1000 g/mol. The highest BCUT2D eigenvalue weighted by molar-refractivity contribution is 6.12. The van der Waals surface area contributed by atoms with Crippen LogP contribution in [0.4, 0.5) is 0 Å². The van der Waals surface area contributed by atoms with Crippen molar-refractivity contribution in [2.75, 3.05) is 0 Å². The van der Waals surface area contributed by atoms with Gasteiger partial charge in [-0.2, -0.15) is 0 Å². The SMILES string of the molecule is OCc1cc(-c2ccc3ccccc3c2)c(Oc2ccc3cc(-c4ccccc4)ccc3c2-c2c(Oc3c(-c4ccc5ccccc5c4)cc(CO)c4ccccc34)ccc3cc(-c4ccccc4)ccc23)c2ccccc12. The van der Waals surface area contributed by atoms with Crippen LogP contribution in [0.3, 0.4) is 0 Å². The molecule has 0 aliphatic heterocycles. The van der Waals surface area contributed by atoms with Crippen LogP contribution in [0.5, 0.6) is 23.0 Å². The lowest BCUT2D eigenvalue weighted by molar-refractivity contribution is 0.283. The highest BCUT2D eigenvalue weighted by Crippen LogP contribution is 2.52. The standard InChI is InChI=1S/C74H50O4/c75-45-59-43-67(57-29-27-49-19-7-9-21-51(49)39-57)73(65-25-13-11-23-61(59)65)77-69-37-33-55-41-53(47-15-3-1-4-16-47)31-35-63(55)71(69)72-64-36-32-54(48-17-5-2-6-18-48)42-56(64)34-38-70(72)78-74-66-26-14-12-24-62(66)60(46-76)44-68(74)58-30-28-50-20-8-10-22-52(50)40-58/h1-44,75-76H,45-46H2. The van der Waals surface area contributed by atoms with Crippen molar-refractivity contribution >= 4 is 64.6 Å². The Morgan fingerprint density at radius 2 is 0.590 bits per heavy atom. The van der Waals surface area contributed by atoms with Crippen LogP contribution in [0.1, 0.15) is 11.1 Å². The normalized spacial score (nSPS) is 11.6. The minimum atomic E-state index is -0.136. The maximum Gasteiger partial charge on any atom is 0.143 e. The maximum atomic E-state index is 11.0. The molecule has 0 fully saturated rings. The van der Waals surface area contributed by atoms with Crippen molar-refractivity contribution in [1.29, 1.82) is 0 Å². The summed E-state index contributed by atoms with van der Waals surface area (Å²) < 4.78 is 15.4. The summed E-state index contributed by atoms with van der Waals surface area (Å²) in [6.45, 7) is -0.271. The summed E-state index contributed by atoms with van der Waals surface area (Å²) in [5, 5.41) is 34.1. The molecule has 0 aromatic heterocycles. The van der Waals surface area contributed by atoms with Crippen LogP contribution in [0, 0.1) is 0 Å². The van der Waals surface area contributed by atoms with Gasteiger partial charge in [0.1, 0.15) is 23.0 Å². The van der Waals surface area contributed by atoms with Crippen molar-refractivity contribution in [2.45, 2.75) is 13.2 Å². The smallest absolute Gasteiger partial charge is 0.143 e. The lowest BCUT2D eigenvalue weighted by Gasteiger charge is -2.23. The Labute approximate surface area is 451 Å². The molecule has 0 amide bonds. The van der Waals surface area contributed by atoms with E-state index >= 15 is 0 Å². The molecule has 370 valence electrons. The Hall–Kier alpha value is -9.84. The average molecular weight is 1000 g/mol. The minimum Gasteiger partial charge on any atom is -0.455 e. The lowest BCUT2D eigenvalue weighted by atomic mass is 9.89. The fourth-order valence-electron chi connectivity index (χ4n) is 11.6. The molecule has 0 saturated carbocycles. The maximum absolute atomic E-state index is 11.0. The van der Waals surface area contributed by atoms with E-state index in [1.54, 1.807) is 0 Å². The van der Waals surface area contributed by atoms with Gasteiger partial charge in [0.05, 0.1) is 13.2 Å². The topological polar surface area (TPSA) is 58.9 Å². The van der Waals surface area contributed by atoms with Crippen LogP contribution in [0.15, 0.2) is 267 Å². The Kier molecular flexibility index (Phi) is 11.8. The summed E-state index contributed by atoms with van der Waals surface area (Å²) in [4.78, 5) is 0. The predicted molar refractivity (Wildman–Crippen MR) is 324 cm³/mol. The van der Waals surface area contributed by atoms with E-state index < -0.39 is 0 Å². The molecular formula is C74H50O4. The molecule has 14 rings (SSSR count). The second kappa shape index (κ2) is 19.7. The summed E-state index contributed by atoms with van der Waals surface area (Å²) in [6, 6.07) is 93.3. The van der Waals surface area contributed by atoms with E-state index in [1.807, 2.05) is 36.4 Å². The molecule has 0 radical (unpaired) electrons. The van der Waals surface area contributed by atoms with Gasteiger partial charge in [0.15, 0.2) is 0 Å². The van der Waals surface area contributed by atoms with Gasteiger partial charge in [-0.25, -0.2) is 0 Å². The largest absolute Gasteiger partial charge is 0.455 e. The predicted octanol–water partition coefficient (Wildman–Crippen LogP) is 19.5. The zero-order chi connectivity index (χ0) is 52.1. The van der Waals surface area contributed by atoms with Crippen molar-refractivity contribution in [3.05, 3.63) is 278 Å². The van der Waals surface area contributed by atoms with Crippen molar-refractivity contribution in [3.8, 4) is 78.6 Å². The van der Waals surface area contributed by atoms with E-state index in [2.05, 4.69) is 231 Å². The van der Waals surface area contributed by atoms with Gasteiger partial charge in [0.2, 0.25) is 0 Å². The van der Waals surface area contributed by atoms with E-state index in [9.17, 15) is 10.2 Å². The van der Waals surface area contributed by atoms with E-state index in [-0.39, 0.29) is 13.2 Å². The second-order valence-electron chi connectivity index (χ2n) is 20.0. The van der Waals surface area contributed by atoms with E-state index in [0.717, 1.165) is 131 Å². The number of ether oxygens (including phenoxy) is 2. The van der Waals surface area contributed by atoms with Crippen molar-refractivity contribution in [2.24, 2.45) is 0 Å². The molecule has 4 nitrogen and oxygen atoms in total. The molecule has 14 aromatic carbocycles. The van der Waals surface area contributed by atoms with E-state index in [1.165, 1.54) is 0 Å². The molecule has 4 heteroatoms. The molecule has 0 unspecified atom stereocenters. The molecule has 0 atom stereocenters. The number of rotatable bonds is 11. The Bertz CT molecular complexity index is 4340. The second-order valence-corrected chi connectivity index (χ2v) is 20.0. The number of aliphatic hydroxyl groups is 2. The third-order valence-corrected chi connectivity index (χ3v) is 15.5. The highest BCUT2D eigenvalue weighted by Gasteiger charge is 2.26. The van der Waals surface area contributed by atoms with Gasteiger partial charge in [0.25, 0.3) is 0 Å². The van der Waals surface area contributed by atoms with Crippen LogP contribution in [-0.2, 0) is 13.2 Å². The van der Waals surface area contributed by atoms with E-state index in [0.29, 0.717) is 23.0 Å². The van der Waals surface area contributed by atoms with Crippen molar-refractivity contribution in [1.82, 2.24) is 0 Å². The number of fused-ring (bicyclic) bond motifs is 6. The summed E-state index contributed by atoms with van der Waals surface area (Å²) in [7, 11) is 0. The van der Waals surface area contributed by atoms with Gasteiger partial charge in [-0.3, -0.25) is 0 Å². The molecule has 0 saturated heterocycles. The highest BCUT2D eigenvalue weighted by atomic mass is 16.5. The first-order valence-corrected chi connectivity index (χ1v) is 26.5. The van der Waals surface area contributed by atoms with Crippen molar-refractivity contribution in [3.63, 3.8) is 0 Å². The van der Waals surface area contributed by atoms with Gasteiger partial charge in [0, 0.05) is 33.0 Å². The zero-order valence-electron chi connectivity index (χ0n) is 42.5. The fourth-order valence-corrected chi connectivity index (χ4v) is 11.6. The van der Waals surface area contributed by atoms with Gasteiger partial charge in [-0.05, 0) is 147 Å². The average Bonchev–Trinajstić information content (AvgIpc) is 3.68. The lowest BCUT2D eigenvalue weighted by Crippen LogP contribution is -1.99. The number of aliphatic hydroxyl groups excluding tert-OH is 2. The van der Waals surface area contributed by atoms with Crippen molar-refractivity contribution < 1.29 is 19.7 Å². The first-order valence-electron chi connectivity index (χ1n) is 26.5. The molecular weight excluding hydrogens is 953 g/mol. The van der Waals surface area contributed by atoms with Gasteiger partial charge < -0.3 is 19.7 Å². The summed E-state index contributed by atoms with van der Waals surface area (Å²) in [6.07, 6.45) is 0. The van der Waals surface area contributed by atoms with E-state index in [4.69, 9.17) is 9.47 Å². The molecule has 78 heavy (non-hydrogen) atoms. The quantitative estimate of drug-likeness (QED) is 0.136. The summed E-state index contributed by atoms with van der Waals surface area (Å²) >= 11 is 0. The number of hydrogen-bond donors (Lipinski definition) is 2. The third kappa shape index (κ3) is 8.28. The van der Waals surface area contributed by atoms with Gasteiger partial charge >= 0.3 is 0 Å². The number of hydrogen-bond acceptors (Lipinski definition) is 4. The molecule has 14 aromatic rings. The first kappa shape index (κ1) is 46.7. The Balaban J connectivity index is 1.07. The summed E-state index contributed by atoms with van der Waals surface area (Å²) in [5.41, 5.74) is 11.5. The van der Waals surface area contributed by atoms with Crippen LogP contribution in [-0.4, -0.2) is 10.2 Å². The zero-order valence-corrected chi connectivity index (χ0v) is 42.5. The van der Waals surface area contributed by atoms with Crippen LogP contribution < -0.4 is 9.47 Å².